The Labute approximate surface area is 117 Å². The first-order valence-electron chi connectivity index (χ1n) is 5.63. The van der Waals surface area contributed by atoms with Crippen LogP contribution in [0.25, 0.3) is 0 Å². The van der Waals surface area contributed by atoms with Gasteiger partial charge in [0.1, 0.15) is 0 Å². The second-order valence-corrected chi connectivity index (χ2v) is 4.76. The molecule has 2 aromatic rings. The molecule has 2 amide bonds. The molecular formula is C12H11F2N3O2S. The molecule has 1 aromatic carbocycles. The van der Waals surface area contributed by atoms with Gasteiger partial charge in [0.05, 0.1) is 6.10 Å². The van der Waals surface area contributed by atoms with E-state index in [1.807, 2.05) is 0 Å². The van der Waals surface area contributed by atoms with Crippen molar-refractivity contribution in [3.63, 3.8) is 0 Å². The first-order valence-corrected chi connectivity index (χ1v) is 6.51. The van der Waals surface area contributed by atoms with Gasteiger partial charge in [-0.2, -0.15) is 0 Å². The number of carbonyl (C=O) groups excluding carboxylic acids is 1. The van der Waals surface area contributed by atoms with Gasteiger partial charge in [-0.1, -0.05) is 6.07 Å². The van der Waals surface area contributed by atoms with Crippen LogP contribution in [0.2, 0.25) is 0 Å². The number of carbonyl (C=O) groups is 1. The number of hydrogen-bond donors (Lipinski definition) is 3. The van der Waals surface area contributed by atoms with Crippen LogP contribution >= 0.6 is 11.3 Å². The van der Waals surface area contributed by atoms with Crippen molar-refractivity contribution in [3.8, 4) is 0 Å². The summed E-state index contributed by atoms with van der Waals surface area (Å²) in [5.74, 6) is -2.04. The minimum Gasteiger partial charge on any atom is -0.387 e. The van der Waals surface area contributed by atoms with Gasteiger partial charge in [-0.3, -0.25) is 5.32 Å². The molecule has 20 heavy (non-hydrogen) atoms. The minimum absolute atomic E-state index is 0.137. The Morgan fingerprint density at radius 1 is 1.40 bits per heavy atom. The van der Waals surface area contributed by atoms with Crippen LogP contribution in [0, 0.1) is 11.6 Å². The quantitative estimate of drug-likeness (QED) is 0.811. The van der Waals surface area contributed by atoms with Crippen molar-refractivity contribution in [2.75, 3.05) is 11.9 Å². The van der Waals surface area contributed by atoms with E-state index >= 15 is 0 Å². The Morgan fingerprint density at radius 3 is 2.85 bits per heavy atom. The lowest BCUT2D eigenvalue weighted by Gasteiger charge is -2.12. The predicted octanol–water partition coefficient (Wildman–Crippen LogP) is 2.28. The maximum absolute atomic E-state index is 13.0. The molecule has 1 atom stereocenters. The van der Waals surface area contributed by atoms with Crippen LogP contribution in [-0.2, 0) is 0 Å². The zero-order valence-corrected chi connectivity index (χ0v) is 11.0. The zero-order valence-electron chi connectivity index (χ0n) is 10.1. The van der Waals surface area contributed by atoms with E-state index in [-0.39, 0.29) is 12.1 Å². The standard InChI is InChI=1S/C12H11F2N3O2S/c13-8-2-1-7(5-9(8)14)10(18)6-16-11(19)17-12-15-3-4-20-12/h1-5,10,18H,6H2,(H2,15,16,17,19)/t10-/m1/s1. The van der Waals surface area contributed by atoms with Crippen LogP contribution in [0.3, 0.4) is 0 Å². The lowest BCUT2D eigenvalue weighted by atomic mass is 10.1. The van der Waals surface area contributed by atoms with Gasteiger partial charge >= 0.3 is 6.03 Å². The number of aromatic nitrogens is 1. The molecule has 3 N–H and O–H groups in total. The number of anilines is 1. The summed E-state index contributed by atoms with van der Waals surface area (Å²) in [6.07, 6.45) is 0.406. The molecule has 2 rings (SSSR count). The number of halogens is 2. The van der Waals surface area contributed by atoms with Crippen molar-refractivity contribution in [3.05, 3.63) is 47.0 Å². The van der Waals surface area contributed by atoms with Crippen LogP contribution in [0.15, 0.2) is 29.8 Å². The van der Waals surface area contributed by atoms with Crippen LogP contribution < -0.4 is 10.6 Å². The molecule has 0 unspecified atom stereocenters. The van der Waals surface area contributed by atoms with E-state index < -0.39 is 23.8 Å². The second-order valence-electron chi connectivity index (χ2n) is 3.86. The largest absolute Gasteiger partial charge is 0.387 e. The number of aliphatic hydroxyl groups excluding tert-OH is 1. The van der Waals surface area contributed by atoms with Crippen molar-refractivity contribution >= 4 is 22.5 Å². The first-order chi connectivity index (χ1) is 9.56. The highest BCUT2D eigenvalue weighted by molar-refractivity contribution is 7.13. The number of rotatable bonds is 4. The maximum Gasteiger partial charge on any atom is 0.321 e. The van der Waals surface area contributed by atoms with E-state index in [2.05, 4.69) is 15.6 Å². The molecule has 0 fully saturated rings. The molecular weight excluding hydrogens is 288 g/mol. The summed E-state index contributed by atoms with van der Waals surface area (Å²) in [4.78, 5) is 15.3. The summed E-state index contributed by atoms with van der Waals surface area (Å²) in [5.41, 5.74) is 0.179. The normalized spacial score (nSPS) is 11.9. The number of nitrogens with zero attached hydrogens (tertiary/aromatic N) is 1. The fourth-order valence-corrected chi connectivity index (χ4v) is 1.98. The first kappa shape index (κ1) is 14.4. The summed E-state index contributed by atoms with van der Waals surface area (Å²) in [6.45, 7) is -0.137. The van der Waals surface area contributed by atoms with Gasteiger partial charge in [-0.05, 0) is 17.7 Å². The minimum atomic E-state index is -1.13. The number of hydrogen-bond acceptors (Lipinski definition) is 4. The van der Waals surface area contributed by atoms with E-state index in [4.69, 9.17) is 0 Å². The highest BCUT2D eigenvalue weighted by atomic mass is 32.1. The van der Waals surface area contributed by atoms with Gasteiger partial charge < -0.3 is 10.4 Å². The maximum atomic E-state index is 13.0. The van der Waals surface area contributed by atoms with Crippen molar-refractivity contribution in [2.45, 2.75) is 6.10 Å². The Balaban J connectivity index is 1.86. The Morgan fingerprint density at radius 2 is 2.20 bits per heavy atom. The zero-order chi connectivity index (χ0) is 14.5. The lowest BCUT2D eigenvalue weighted by molar-refractivity contribution is 0.174. The molecule has 0 bridgehead atoms. The van der Waals surface area contributed by atoms with Crippen molar-refractivity contribution < 1.29 is 18.7 Å². The number of aliphatic hydroxyl groups is 1. The van der Waals surface area contributed by atoms with Crippen molar-refractivity contribution in [2.24, 2.45) is 0 Å². The van der Waals surface area contributed by atoms with Gasteiger partial charge in [0, 0.05) is 18.1 Å². The molecule has 0 saturated heterocycles. The van der Waals surface area contributed by atoms with Gasteiger partial charge in [-0.25, -0.2) is 18.6 Å². The van der Waals surface area contributed by atoms with Gasteiger partial charge in [0.15, 0.2) is 16.8 Å². The molecule has 5 nitrogen and oxygen atoms in total. The smallest absolute Gasteiger partial charge is 0.321 e. The number of benzene rings is 1. The third-order valence-corrected chi connectivity index (χ3v) is 3.13. The van der Waals surface area contributed by atoms with Gasteiger partial charge in [0.25, 0.3) is 0 Å². The van der Waals surface area contributed by atoms with Crippen LogP contribution in [-0.4, -0.2) is 22.7 Å². The summed E-state index contributed by atoms with van der Waals surface area (Å²) in [5, 5.41) is 16.8. The highest BCUT2D eigenvalue weighted by Gasteiger charge is 2.12. The lowest BCUT2D eigenvalue weighted by Crippen LogP contribution is -2.32. The molecule has 0 aliphatic heterocycles. The average molecular weight is 299 g/mol. The summed E-state index contributed by atoms with van der Waals surface area (Å²) in [6, 6.07) is 2.52. The molecule has 0 saturated carbocycles. The van der Waals surface area contributed by atoms with Crippen LogP contribution in [0.4, 0.5) is 18.7 Å². The van der Waals surface area contributed by atoms with Gasteiger partial charge in [-0.15, -0.1) is 11.3 Å². The fraction of sp³-hybridized carbons (Fsp3) is 0.167. The molecule has 1 aromatic heterocycles. The average Bonchev–Trinajstić information content (AvgIpc) is 2.92. The number of amides is 2. The summed E-state index contributed by atoms with van der Waals surface area (Å²) >= 11 is 1.25. The highest BCUT2D eigenvalue weighted by Crippen LogP contribution is 2.16. The number of urea groups is 1. The third kappa shape index (κ3) is 3.72. The SMILES string of the molecule is O=C(NC[C@@H](O)c1ccc(F)c(F)c1)Nc1nccs1. The van der Waals surface area contributed by atoms with Gasteiger partial charge in [0.2, 0.25) is 0 Å². The molecule has 1 heterocycles. The van der Waals surface area contributed by atoms with Crippen LogP contribution in [0.5, 0.6) is 0 Å². The van der Waals surface area contributed by atoms with E-state index in [9.17, 15) is 18.7 Å². The summed E-state index contributed by atoms with van der Waals surface area (Å²) < 4.78 is 25.7. The van der Waals surface area contributed by atoms with Crippen molar-refractivity contribution in [1.82, 2.24) is 10.3 Å². The topological polar surface area (TPSA) is 74.2 Å². The second kappa shape index (κ2) is 6.40. The third-order valence-electron chi connectivity index (χ3n) is 2.44. The molecule has 0 aliphatic carbocycles. The molecule has 0 spiro atoms. The fourth-order valence-electron chi connectivity index (χ4n) is 1.45. The Kier molecular flexibility index (Phi) is 4.59. The molecule has 0 aliphatic rings. The molecule has 8 heteroatoms. The van der Waals surface area contributed by atoms with E-state index in [0.29, 0.717) is 5.13 Å². The number of nitrogens with one attached hydrogen (secondary N) is 2. The van der Waals surface area contributed by atoms with E-state index in [1.54, 1.807) is 5.38 Å². The van der Waals surface area contributed by atoms with E-state index in [0.717, 1.165) is 12.1 Å². The molecule has 106 valence electrons. The van der Waals surface area contributed by atoms with E-state index in [1.165, 1.54) is 23.6 Å². The number of thiazole rings is 1. The van der Waals surface area contributed by atoms with Crippen molar-refractivity contribution in [1.29, 1.82) is 0 Å². The Bertz CT molecular complexity index is 592. The molecule has 0 radical (unpaired) electrons. The monoisotopic (exact) mass is 299 g/mol. The van der Waals surface area contributed by atoms with Crippen LogP contribution in [0.1, 0.15) is 11.7 Å². The summed E-state index contributed by atoms with van der Waals surface area (Å²) in [7, 11) is 0. The predicted molar refractivity (Wildman–Crippen MR) is 70.5 cm³/mol. The Hall–Kier alpha value is -2.06.